The van der Waals surface area contributed by atoms with Crippen LogP contribution in [0.1, 0.15) is 50.6 Å². The highest BCUT2D eigenvalue weighted by molar-refractivity contribution is 6.04. The highest BCUT2D eigenvalue weighted by Gasteiger charge is 2.43. The third kappa shape index (κ3) is 3.65. The summed E-state index contributed by atoms with van der Waals surface area (Å²) in [5.74, 6) is -1.19. The van der Waals surface area contributed by atoms with Gasteiger partial charge in [0, 0.05) is 38.6 Å². The van der Waals surface area contributed by atoms with Crippen LogP contribution >= 0.6 is 0 Å². The number of fused-ring (bicyclic) bond motifs is 3. The molecule has 3 aromatic carbocycles. The molecule has 0 saturated carbocycles. The van der Waals surface area contributed by atoms with Gasteiger partial charge in [0.25, 0.3) is 17.7 Å². The molecule has 0 fully saturated rings. The highest BCUT2D eigenvalue weighted by Crippen LogP contribution is 2.43. The molecule has 0 aliphatic carbocycles. The molecule has 4 N–H and O–H groups in total. The Bertz CT molecular complexity index is 1670. The van der Waals surface area contributed by atoms with Gasteiger partial charge in [0.1, 0.15) is 11.7 Å². The Morgan fingerprint density at radius 1 is 0.892 bits per heavy atom. The fraction of sp³-hybridized carbons (Fsp3) is 0.138. The van der Waals surface area contributed by atoms with Crippen molar-refractivity contribution in [2.45, 2.75) is 25.9 Å². The average Bonchev–Trinajstić information content (AvgIpc) is 3.57. The van der Waals surface area contributed by atoms with Crippen LogP contribution in [-0.2, 0) is 4.79 Å². The zero-order valence-electron chi connectivity index (χ0n) is 20.3. The lowest BCUT2D eigenvalue weighted by Crippen LogP contribution is -2.52. The SMILES string of the molecule is Cc1[nH]c2ccccc2c1C1c2ccccc2C(=O)N1C(C)C(=O)NNC(=O)c1cc2ccccc2[nH]1. The van der Waals surface area contributed by atoms with Gasteiger partial charge in [-0.3, -0.25) is 25.2 Å². The second-order valence-electron chi connectivity index (χ2n) is 9.30. The minimum Gasteiger partial charge on any atom is -0.358 e. The van der Waals surface area contributed by atoms with E-state index in [4.69, 9.17) is 0 Å². The summed E-state index contributed by atoms with van der Waals surface area (Å²) in [6.07, 6.45) is 0. The fourth-order valence-electron chi connectivity index (χ4n) is 5.29. The van der Waals surface area contributed by atoms with E-state index in [9.17, 15) is 14.4 Å². The number of carbonyl (C=O) groups is 3. The maximum atomic E-state index is 13.6. The van der Waals surface area contributed by atoms with Crippen LogP contribution in [0, 0.1) is 6.92 Å². The summed E-state index contributed by atoms with van der Waals surface area (Å²) in [6.45, 7) is 3.65. The van der Waals surface area contributed by atoms with Crippen molar-refractivity contribution >= 4 is 39.5 Å². The minimum atomic E-state index is -0.860. The van der Waals surface area contributed by atoms with Crippen molar-refractivity contribution in [1.82, 2.24) is 25.7 Å². The number of hydrogen-bond acceptors (Lipinski definition) is 3. The fourth-order valence-corrected chi connectivity index (χ4v) is 5.29. The minimum absolute atomic E-state index is 0.227. The molecule has 8 heteroatoms. The number of aryl methyl sites for hydroxylation is 1. The van der Waals surface area contributed by atoms with E-state index in [1.165, 1.54) is 0 Å². The molecule has 3 amide bonds. The lowest BCUT2D eigenvalue weighted by Gasteiger charge is -2.31. The maximum absolute atomic E-state index is 13.6. The first-order valence-electron chi connectivity index (χ1n) is 12.1. The summed E-state index contributed by atoms with van der Waals surface area (Å²) in [4.78, 5) is 47.6. The molecule has 1 aliphatic rings. The number of aromatic amines is 2. The number of benzene rings is 3. The van der Waals surface area contributed by atoms with Gasteiger partial charge in [-0.1, -0.05) is 54.6 Å². The number of nitrogens with one attached hydrogen (secondary N) is 4. The topological polar surface area (TPSA) is 110 Å². The third-order valence-electron chi connectivity index (χ3n) is 7.09. The first-order valence-corrected chi connectivity index (χ1v) is 12.1. The first kappa shape index (κ1) is 22.6. The van der Waals surface area contributed by atoms with Crippen LogP contribution in [0.4, 0.5) is 0 Å². The van der Waals surface area contributed by atoms with Crippen LogP contribution in [0.25, 0.3) is 21.8 Å². The van der Waals surface area contributed by atoms with Crippen molar-refractivity contribution in [3.8, 4) is 0 Å². The van der Waals surface area contributed by atoms with Crippen molar-refractivity contribution in [2.24, 2.45) is 0 Å². The van der Waals surface area contributed by atoms with Crippen LogP contribution in [0.5, 0.6) is 0 Å². The van der Waals surface area contributed by atoms with Gasteiger partial charge in [-0.05, 0) is 43.7 Å². The first-order chi connectivity index (χ1) is 17.9. The molecule has 184 valence electrons. The van der Waals surface area contributed by atoms with Crippen molar-refractivity contribution < 1.29 is 14.4 Å². The summed E-state index contributed by atoms with van der Waals surface area (Å²) >= 11 is 0. The smallest absolute Gasteiger partial charge is 0.286 e. The van der Waals surface area contributed by atoms with Crippen LogP contribution < -0.4 is 10.9 Å². The summed E-state index contributed by atoms with van der Waals surface area (Å²) in [6, 6.07) is 23.3. The van der Waals surface area contributed by atoms with Crippen LogP contribution in [-0.4, -0.2) is 38.6 Å². The number of rotatable bonds is 4. The Hall–Kier alpha value is -4.85. The molecule has 5 aromatic rings. The van der Waals surface area contributed by atoms with Gasteiger partial charge in [-0.15, -0.1) is 0 Å². The largest absolute Gasteiger partial charge is 0.358 e. The Kier molecular flexibility index (Phi) is 5.30. The predicted molar refractivity (Wildman–Crippen MR) is 141 cm³/mol. The van der Waals surface area contributed by atoms with Crippen molar-refractivity contribution in [3.05, 3.63) is 107 Å². The summed E-state index contributed by atoms with van der Waals surface area (Å²) in [5.41, 5.74) is 10.4. The van der Waals surface area contributed by atoms with Gasteiger partial charge in [0.05, 0.1) is 6.04 Å². The van der Waals surface area contributed by atoms with Crippen molar-refractivity contribution in [3.63, 3.8) is 0 Å². The van der Waals surface area contributed by atoms with Crippen LogP contribution in [0.3, 0.4) is 0 Å². The van der Waals surface area contributed by atoms with Gasteiger partial charge in [0.15, 0.2) is 0 Å². The summed E-state index contributed by atoms with van der Waals surface area (Å²) in [7, 11) is 0. The van der Waals surface area contributed by atoms with Gasteiger partial charge >= 0.3 is 0 Å². The number of para-hydroxylation sites is 2. The number of H-pyrrole nitrogens is 2. The average molecular weight is 492 g/mol. The van der Waals surface area contributed by atoms with E-state index in [0.29, 0.717) is 11.3 Å². The van der Waals surface area contributed by atoms with Crippen molar-refractivity contribution in [2.75, 3.05) is 0 Å². The third-order valence-corrected chi connectivity index (χ3v) is 7.09. The monoisotopic (exact) mass is 491 g/mol. The standard InChI is InChI=1S/C29H25N5O3/c1-16-25(21-12-6-8-14-23(21)30-16)26-19-10-4-5-11-20(19)29(37)34(26)17(2)27(35)32-33-28(36)24-15-18-9-3-7-13-22(18)31-24/h3-15,17,26,30-31H,1-2H3,(H,32,35)(H,33,36). The zero-order chi connectivity index (χ0) is 25.7. The molecule has 0 radical (unpaired) electrons. The van der Waals surface area contributed by atoms with E-state index < -0.39 is 23.9 Å². The second kappa shape index (κ2) is 8.67. The molecule has 3 heterocycles. The summed E-state index contributed by atoms with van der Waals surface area (Å²) in [5, 5.41) is 1.89. The predicted octanol–water partition coefficient (Wildman–Crippen LogP) is 4.35. The molecule has 0 saturated heterocycles. The van der Waals surface area contributed by atoms with E-state index in [2.05, 4.69) is 20.8 Å². The molecule has 0 bridgehead atoms. The molecule has 6 rings (SSSR count). The number of nitrogens with zero attached hydrogens (tertiary/aromatic N) is 1. The molecular weight excluding hydrogens is 466 g/mol. The van der Waals surface area contributed by atoms with Crippen molar-refractivity contribution in [1.29, 1.82) is 0 Å². The quantitative estimate of drug-likeness (QED) is 0.281. The number of carbonyl (C=O) groups excluding carboxylic acids is 3. The van der Waals surface area contributed by atoms with Crippen LogP contribution in [0.2, 0.25) is 0 Å². The van der Waals surface area contributed by atoms with E-state index in [-0.39, 0.29) is 5.91 Å². The molecule has 2 unspecified atom stereocenters. The normalized spacial score (nSPS) is 15.7. The lowest BCUT2D eigenvalue weighted by atomic mass is 9.95. The maximum Gasteiger partial charge on any atom is 0.286 e. The van der Waals surface area contributed by atoms with E-state index in [0.717, 1.165) is 38.6 Å². The number of amides is 3. The molecule has 8 nitrogen and oxygen atoms in total. The number of hydrogen-bond donors (Lipinski definition) is 4. The Morgan fingerprint density at radius 3 is 2.41 bits per heavy atom. The molecule has 37 heavy (non-hydrogen) atoms. The second-order valence-corrected chi connectivity index (χ2v) is 9.30. The molecule has 0 spiro atoms. The van der Waals surface area contributed by atoms with E-state index >= 15 is 0 Å². The van der Waals surface area contributed by atoms with Gasteiger partial charge in [0.2, 0.25) is 0 Å². The molecule has 1 aliphatic heterocycles. The molecule has 2 atom stereocenters. The molecular formula is C29H25N5O3. The lowest BCUT2D eigenvalue weighted by molar-refractivity contribution is -0.126. The van der Waals surface area contributed by atoms with Gasteiger partial charge in [-0.2, -0.15) is 0 Å². The Balaban J connectivity index is 1.29. The molecule has 2 aromatic heterocycles. The highest BCUT2D eigenvalue weighted by atomic mass is 16.2. The van der Waals surface area contributed by atoms with E-state index in [1.807, 2.05) is 73.7 Å². The van der Waals surface area contributed by atoms with E-state index in [1.54, 1.807) is 24.0 Å². The Labute approximate surface area is 212 Å². The number of aromatic nitrogens is 2. The van der Waals surface area contributed by atoms with Gasteiger partial charge < -0.3 is 14.9 Å². The van der Waals surface area contributed by atoms with Gasteiger partial charge in [-0.25, -0.2) is 0 Å². The Morgan fingerprint density at radius 2 is 1.59 bits per heavy atom. The summed E-state index contributed by atoms with van der Waals surface area (Å²) < 4.78 is 0. The zero-order valence-corrected chi connectivity index (χ0v) is 20.3. The number of hydrazine groups is 1. The van der Waals surface area contributed by atoms with Crippen LogP contribution in [0.15, 0.2) is 78.9 Å².